The summed E-state index contributed by atoms with van der Waals surface area (Å²) < 4.78 is 10.1. The van der Waals surface area contributed by atoms with Crippen molar-refractivity contribution < 1.29 is 13.9 Å². The second-order valence-electron chi connectivity index (χ2n) is 3.15. The molecule has 0 aromatic carbocycles. The number of carbonyl (C=O) groups is 1. The average Bonchev–Trinajstić information content (AvgIpc) is 2.56. The van der Waals surface area contributed by atoms with Crippen LogP contribution in [0.5, 0.6) is 0 Å². The number of rotatable bonds is 4. The van der Waals surface area contributed by atoms with E-state index in [9.17, 15) is 4.79 Å². The molecule has 0 unspecified atom stereocenters. The van der Waals surface area contributed by atoms with Gasteiger partial charge in [-0.3, -0.25) is 4.79 Å². The molecule has 72 valence electrons. The third-order valence-electron chi connectivity index (χ3n) is 1.64. The highest BCUT2D eigenvalue weighted by Crippen LogP contribution is 2.02. The predicted molar refractivity (Wildman–Crippen MR) is 48.2 cm³/mol. The fourth-order valence-electron chi connectivity index (χ4n) is 0.874. The van der Waals surface area contributed by atoms with Gasteiger partial charge in [0.05, 0.1) is 18.8 Å². The van der Waals surface area contributed by atoms with Crippen molar-refractivity contribution in [1.29, 1.82) is 0 Å². The molecule has 0 radical (unpaired) electrons. The van der Waals surface area contributed by atoms with Gasteiger partial charge in [0, 0.05) is 6.42 Å². The lowest BCUT2D eigenvalue weighted by Gasteiger charge is -2.05. The lowest BCUT2D eigenvalue weighted by atomic mass is 10.2. The highest BCUT2D eigenvalue weighted by atomic mass is 16.5. The Labute approximate surface area is 77.7 Å². The van der Waals surface area contributed by atoms with Crippen molar-refractivity contribution in [3.63, 3.8) is 0 Å². The molecule has 3 nitrogen and oxygen atoms in total. The Morgan fingerprint density at radius 1 is 1.62 bits per heavy atom. The lowest BCUT2D eigenvalue weighted by Crippen LogP contribution is -2.13. The molecule has 1 heterocycles. The molecule has 1 aromatic rings. The SMILES string of the molecule is CC(C)C(=O)OCCc1ccco1. The third kappa shape index (κ3) is 3.32. The van der Waals surface area contributed by atoms with Crippen LogP contribution in [0.4, 0.5) is 0 Å². The van der Waals surface area contributed by atoms with Gasteiger partial charge in [-0.05, 0) is 12.1 Å². The quantitative estimate of drug-likeness (QED) is 0.669. The van der Waals surface area contributed by atoms with Crippen LogP contribution in [0, 0.1) is 5.92 Å². The van der Waals surface area contributed by atoms with Crippen LogP contribution in [-0.4, -0.2) is 12.6 Å². The van der Waals surface area contributed by atoms with Gasteiger partial charge in [-0.15, -0.1) is 0 Å². The summed E-state index contributed by atoms with van der Waals surface area (Å²) >= 11 is 0. The first-order valence-corrected chi connectivity index (χ1v) is 4.39. The van der Waals surface area contributed by atoms with Crippen molar-refractivity contribution in [1.82, 2.24) is 0 Å². The molecule has 0 aliphatic rings. The van der Waals surface area contributed by atoms with Gasteiger partial charge in [0.15, 0.2) is 0 Å². The summed E-state index contributed by atoms with van der Waals surface area (Å²) in [5, 5.41) is 0. The Bertz CT molecular complexity index is 249. The van der Waals surface area contributed by atoms with Gasteiger partial charge < -0.3 is 9.15 Å². The molecule has 0 atom stereocenters. The standard InChI is InChI=1S/C10H14O3/c1-8(2)10(11)13-7-5-9-4-3-6-12-9/h3-4,6,8H,5,7H2,1-2H3. The second kappa shape index (κ2) is 4.70. The Hall–Kier alpha value is -1.25. The molecule has 0 aliphatic carbocycles. The normalized spacial score (nSPS) is 10.4. The fraction of sp³-hybridized carbons (Fsp3) is 0.500. The monoisotopic (exact) mass is 182 g/mol. The summed E-state index contributed by atoms with van der Waals surface area (Å²) in [5.41, 5.74) is 0. The maximum Gasteiger partial charge on any atom is 0.308 e. The van der Waals surface area contributed by atoms with E-state index in [0.29, 0.717) is 13.0 Å². The maximum absolute atomic E-state index is 11.0. The van der Waals surface area contributed by atoms with Crippen LogP contribution >= 0.6 is 0 Å². The summed E-state index contributed by atoms with van der Waals surface area (Å²) in [7, 11) is 0. The van der Waals surface area contributed by atoms with Gasteiger partial charge in [0.25, 0.3) is 0 Å². The van der Waals surface area contributed by atoms with Crippen molar-refractivity contribution in [3.8, 4) is 0 Å². The minimum Gasteiger partial charge on any atom is -0.469 e. The first kappa shape index (κ1) is 9.84. The average molecular weight is 182 g/mol. The van der Waals surface area contributed by atoms with E-state index in [4.69, 9.17) is 9.15 Å². The van der Waals surface area contributed by atoms with Gasteiger partial charge in [-0.25, -0.2) is 0 Å². The number of esters is 1. The molecule has 0 amide bonds. The van der Waals surface area contributed by atoms with E-state index in [-0.39, 0.29) is 11.9 Å². The summed E-state index contributed by atoms with van der Waals surface area (Å²) in [6, 6.07) is 3.68. The molecule has 0 saturated carbocycles. The van der Waals surface area contributed by atoms with Crippen LogP contribution in [-0.2, 0) is 16.0 Å². The maximum atomic E-state index is 11.0. The van der Waals surface area contributed by atoms with E-state index in [1.54, 1.807) is 6.26 Å². The summed E-state index contributed by atoms with van der Waals surface area (Å²) in [6.07, 6.45) is 2.26. The van der Waals surface area contributed by atoms with Crippen LogP contribution in [0.25, 0.3) is 0 Å². The first-order valence-electron chi connectivity index (χ1n) is 4.39. The zero-order chi connectivity index (χ0) is 9.68. The fourth-order valence-corrected chi connectivity index (χ4v) is 0.874. The summed E-state index contributed by atoms with van der Waals surface area (Å²) in [5.74, 6) is 0.625. The first-order chi connectivity index (χ1) is 6.20. The van der Waals surface area contributed by atoms with Crippen LogP contribution in [0.3, 0.4) is 0 Å². The van der Waals surface area contributed by atoms with E-state index in [2.05, 4.69) is 0 Å². The molecule has 1 rings (SSSR count). The topological polar surface area (TPSA) is 39.4 Å². The van der Waals surface area contributed by atoms with E-state index in [1.807, 2.05) is 26.0 Å². The number of hydrogen-bond acceptors (Lipinski definition) is 3. The minimum atomic E-state index is -0.161. The van der Waals surface area contributed by atoms with Crippen LogP contribution in [0.2, 0.25) is 0 Å². The van der Waals surface area contributed by atoms with Gasteiger partial charge in [-0.1, -0.05) is 13.8 Å². The van der Waals surface area contributed by atoms with Gasteiger partial charge >= 0.3 is 5.97 Å². The summed E-state index contributed by atoms with van der Waals surface area (Å²) in [4.78, 5) is 11.0. The molecule has 0 N–H and O–H groups in total. The number of carbonyl (C=O) groups excluding carboxylic acids is 1. The predicted octanol–water partition coefficient (Wildman–Crippen LogP) is 2.02. The molecule has 3 heteroatoms. The van der Waals surface area contributed by atoms with Crippen molar-refractivity contribution >= 4 is 5.97 Å². The van der Waals surface area contributed by atoms with Crippen LogP contribution < -0.4 is 0 Å². The van der Waals surface area contributed by atoms with Crippen molar-refractivity contribution in [2.75, 3.05) is 6.61 Å². The van der Waals surface area contributed by atoms with Crippen molar-refractivity contribution in [2.45, 2.75) is 20.3 Å². The molecular weight excluding hydrogens is 168 g/mol. The largest absolute Gasteiger partial charge is 0.469 e. The Balaban J connectivity index is 2.18. The lowest BCUT2D eigenvalue weighted by molar-refractivity contribution is -0.147. The van der Waals surface area contributed by atoms with Gasteiger partial charge in [0.2, 0.25) is 0 Å². The third-order valence-corrected chi connectivity index (χ3v) is 1.64. The minimum absolute atomic E-state index is 0.0587. The zero-order valence-corrected chi connectivity index (χ0v) is 7.95. The van der Waals surface area contributed by atoms with E-state index in [1.165, 1.54) is 0 Å². The zero-order valence-electron chi connectivity index (χ0n) is 7.95. The second-order valence-corrected chi connectivity index (χ2v) is 3.15. The molecule has 13 heavy (non-hydrogen) atoms. The Morgan fingerprint density at radius 3 is 2.92 bits per heavy atom. The smallest absolute Gasteiger partial charge is 0.308 e. The molecule has 0 saturated heterocycles. The highest BCUT2D eigenvalue weighted by Gasteiger charge is 2.07. The number of hydrogen-bond donors (Lipinski definition) is 0. The molecule has 0 aliphatic heterocycles. The van der Waals surface area contributed by atoms with Crippen molar-refractivity contribution in [3.05, 3.63) is 24.2 Å². The molecule has 0 bridgehead atoms. The highest BCUT2D eigenvalue weighted by molar-refractivity contribution is 5.71. The molecule has 1 aromatic heterocycles. The van der Waals surface area contributed by atoms with E-state index in [0.717, 1.165) is 5.76 Å². The van der Waals surface area contributed by atoms with Gasteiger partial charge in [0.1, 0.15) is 5.76 Å². The van der Waals surface area contributed by atoms with Crippen molar-refractivity contribution in [2.24, 2.45) is 5.92 Å². The van der Waals surface area contributed by atoms with Crippen LogP contribution in [0.15, 0.2) is 22.8 Å². The summed E-state index contributed by atoms with van der Waals surface area (Å²) in [6.45, 7) is 4.02. The van der Waals surface area contributed by atoms with E-state index < -0.39 is 0 Å². The Morgan fingerprint density at radius 2 is 2.38 bits per heavy atom. The van der Waals surface area contributed by atoms with E-state index >= 15 is 0 Å². The number of ether oxygens (including phenoxy) is 1. The molecular formula is C10H14O3. The molecule has 0 fully saturated rings. The van der Waals surface area contributed by atoms with Crippen LogP contribution in [0.1, 0.15) is 19.6 Å². The number of furan rings is 1. The van der Waals surface area contributed by atoms with Gasteiger partial charge in [-0.2, -0.15) is 0 Å². The Kier molecular flexibility index (Phi) is 3.55. The molecule has 0 spiro atoms.